The molecule has 4 rings (SSSR count). The fourth-order valence-electron chi connectivity index (χ4n) is 4.60. The average molecular weight is 517 g/mol. The number of hydrogen-bond donors (Lipinski definition) is 3. The summed E-state index contributed by atoms with van der Waals surface area (Å²) in [6, 6.07) is 2.19. The van der Waals surface area contributed by atoms with E-state index in [4.69, 9.17) is 4.84 Å². The van der Waals surface area contributed by atoms with Crippen LogP contribution in [-0.2, 0) is 4.84 Å². The number of aryl methyl sites for hydroxylation is 1. The van der Waals surface area contributed by atoms with Crippen LogP contribution in [0.2, 0.25) is 0 Å². The lowest BCUT2D eigenvalue weighted by Crippen LogP contribution is -2.37. The van der Waals surface area contributed by atoms with Crippen LogP contribution in [-0.4, -0.2) is 58.7 Å². The second-order valence-corrected chi connectivity index (χ2v) is 9.80. The predicted molar refractivity (Wildman–Crippen MR) is 137 cm³/mol. The van der Waals surface area contributed by atoms with Gasteiger partial charge in [0.25, 0.3) is 0 Å². The molecule has 1 aromatic heterocycles. The number of halogens is 2. The van der Waals surface area contributed by atoms with E-state index in [0.717, 1.165) is 43.2 Å². The molecule has 2 aromatic rings. The standard InChI is InChI=1S/C26H34F2N6O3/c1-16-13-29-25(30-14-16)34-11-9-20(10-12-34)37-33-19-5-3-18(4-6-19)21-7-8-22(24(28)23(21)27)32-26(36)31-15-17(2)35/h7-8,13-14,17-18,20,35H,3-6,9-12,15H2,1-2H3,(H2,31,32,36). The summed E-state index contributed by atoms with van der Waals surface area (Å²) in [5.41, 5.74) is 2.03. The summed E-state index contributed by atoms with van der Waals surface area (Å²) in [7, 11) is 0. The maximum absolute atomic E-state index is 14.8. The van der Waals surface area contributed by atoms with Gasteiger partial charge < -0.3 is 25.5 Å². The first-order valence-electron chi connectivity index (χ1n) is 12.8. The number of carbonyl (C=O) groups excluding carboxylic acids is 1. The summed E-state index contributed by atoms with van der Waals surface area (Å²) in [5.74, 6) is -1.43. The normalized spacial score (nSPS) is 19.3. The van der Waals surface area contributed by atoms with Crippen molar-refractivity contribution in [2.24, 2.45) is 5.16 Å². The van der Waals surface area contributed by atoms with Gasteiger partial charge >= 0.3 is 6.03 Å². The van der Waals surface area contributed by atoms with Crippen LogP contribution >= 0.6 is 0 Å². The van der Waals surface area contributed by atoms with Gasteiger partial charge in [0.15, 0.2) is 11.6 Å². The van der Waals surface area contributed by atoms with Crippen LogP contribution in [0, 0.1) is 18.6 Å². The monoisotopic (exact) mass is 516 g/mol. The molecule has 200 valence electrons. The molecule has 1 saturated carbocycles. The van der Waals surface area contributed by atoms with E-state index >= 15 is 0 Å². The molecular weight excluding hydrogens is 482 g/mol. The van der Waals surface area contributed by atoms with Crippen molar-refractivity contribution in [1.29, 1.82) is 0 Å². The van der Waals surface area contributed by atoms with E-state index < -0.39 is 23.8 Å². The number of piperidine rings is 1. The Labute approximate surface area is 215 Å². The molecular formula is C26H34F2N6O3. The highest BCUT2D eigenvalue weighted by Crippen LogP contribution is 2.35. The number of nitrogens with one attached hydrogen (secondary N) is 2. The Morgan fingerprint density at radius 1 is 1.16 bits per heavy atom. The van der Waals surface area contributed by atoms with Gasteiger partial charge in [-0.05, 0) is 62.6 Å². The smallest absolute Gasteiger partial charge is 0.319 e. The molecule has 9 nitrogen and oxygen atoms in total. The van der Waals surface area contributed by atoms with Crippen LogP contribution in [0.25, 0.3) is 0 Å². The van der Waals surface area contributed by atoms with Crippen molar-refractivity contribution in [3.8, 4) is 0 Å². The van der Waals surface area contributed by atoms with Gasteiger partial charge in [0.05, 0.1) is 17.5 Å². The first-order valence-corrected chi connectivity index (χ1v) is 12.8. The zero-order valence-corrected chi connectivity index (χ0v) is 21.2. The molecule has 3 N–H and O–H groups in total. The third kappa shape index (κ3) is 7.12. The molecule has 37 heavy (non-hydrogen) atoms. The molecule has 0 bridgehead atoms. The molecule has 2 fully saturated rings. The third-order valence-corrected chi connectivity index (χ3v) is 6.74. The Morgan fingerprint density at radius 3 is 2.49 bits per heavy atom. The number of nitrogens with zero attached hydrogens (tertiary/aromatic N) is 4. The lowest BCUT2D eigenvalue weighted by atomic mass is 9.83. The van der Waals surface area contributed by atoms with Gasteiger partial charge in [0, 0.05) is 44.9 Å². The minimum atomic E-state index is -1.09. The van der Waals surface area contributed by atoms with Gasteiger partial charge in [-0.2, -0.15) is 0 Å². The topological polar surface area (TPSA) is 112 Å². The number of aliphatic hydroxyl groups excluding tert-OH is 1. The minimum Gasteiger partial charge on any atom is -0.392 e. The van der Waals surface area contributed by atoms with Crippen LogP contribution in [0.1, 0.15) is 62.5 Å². The molecule has 1 unspecified atom stereocenters. The molecule has 2 aliphatic rings. The summed E-state index contributed by atoms with van der Waals surface area (Å²) in [5, 5.41) is 18.3. The third-order valence-electron chi connectivity index (χ3n) is 6.74. The second kappa shape index (κ2) is 12.3. The Hall–Kier alpha value is -3.34. The first-order chi connectivity index (χ1) is 17.8. The molecule has 2 amide bonds. The molecule has 1 aromatic carbocycles. The van der Waals surface area contributed by atoms with Crippen LogP contribution in [0.5, 0.6) is 0 Å². The summed E-state index contributed by atoms with van der Waals surface area (Å²) in [6.45, 7) is 5.08. The van der Waals surface area contributed by atoms with Crippen molar-refractivity contribution in [2.45, 2.75) is 70.5 Å². The summed E-state index contributed by atoms with van der Waals surface area (Å²) < 4.78 is 29.4. The van der Waals surface area contributed by atoms with Crippen LogP contribution in [0.3, 0.4) is 0 Å². The lowest BCUT2D eigenvalue weighted by molar-refractivity contribution is 0.0406. The number of urea groups is 1. The van der Waals surface area contributed by atoms with E-state index in [0.29, 0.717) is 31.2 Å². The number of hydrogen-bond acceptors (Lipinski definition) is 7. The molecule has 11 heteroatoms. The second-order valence-electron chi connectivity index (χ2n) is 9.80. The fourth-order valence-corrected chi connectivity index (χ4v) is 4.60. The van der Waals surface area contributed by atoms with Crippen molar-refractivity contribution >= 4 is 23.4 Å². The Balaban J connectivity index is 1.25. The fraction of sp³-hybridized carbons (Fsp3) is 0.538. The van der Waals surface area contributed by atoms with Gasteiger partial charge in [-0.3, -0.25) is 0 Å². The number of oxime groups is 1. The Bertz CT molecular complexity index is 1090. The number of carbonyl (C=O) groups is 1. The van der Waals surface area contributed by atoms with Crippen molar-refractivity contribution in [3.63, 3.8) is 0 Å². The van der Waals surface area contributed by atoms with Crippen molar-refractivity contribution in [3.05, 3.63) is 47.3 Å². The molecule has 1 saturated heterocycles. The van der Waals surface area contributed by atoms with E-state index in [-0.39, 0.29) is 24.3 Å². The number of amides is 2. The largest absolute Gasteiger partial charge is 0.392 e. The summed E-state index contributed by atoms with van der Waals surface area (Å²) in [4.78, 5) is 28.6. The molecule has 0 radical (unpaired) electrons. The maximum atomic E-state index is 14.8. The highest BCUT2D eigenvalue weighted by Gasteiger charge is 2.26. The molecule has 1 aliphatic heterocycles. The quantitative estimate of drug-likeness (QED) is 0.474. The zero-order chi connectivity index (χ0) is 26.4. The predicted octanol–water partition coefficient (Wildman–Crippen LogP) is 4.26. The van der Waals surface area contributed by atoms with Gasteiger partial charge in [0.2, 0.25) is 5.95 Å². The van der Waals surface area contributed by atoms with Crippen molar-refractivity contribution in [1.82, 2.24) is 15.3 Å². The SMILES string of the molecule is Cc1cnc(N2CCC(ON=C3CCC(c4ccc(NC(=O)NCC(C)O)c(F)c4F)CC3)CC2)nc1. The Kier molecular flexibility index (Phi) is 8.86. The van der Waals surface area contributed by atoms with Gasteiger partial charge in [-0.25, -0.2) is 23.5 Å². The number of rotatable bonds is 7. The minimum absolute atomic E-state index is 0.00523. The zero-order valence-electron chi connectivity index (χ0n) is 21.2. The van der Waals surface area contributed by atoms with Crippen molar-refractivity contribution in [2.75, 3.05) is 29.9 Å². The molecule has 0 spiro atoms. The first kappa shape index (κ1) is 26.7. The number of aromatic nitrogens is 2. The van der Waals surface area contributed by atoms with E-state index in [1.165, 1.54) is 19.1 Å². The van der Waals surface area contributed by atoms with Crippen LogP contribution < -0.4 is 15.5 Å². The van der Waals surface area contributed by atoms with E-state index in [2.05, 4.69) is 30.7 Å². The van der Waals surface area contributed by atoms with E-state index in [1.807, 2.05) is 19.3 Å². The molecule has 1 atom stereocenters. The van der Waals surface area contributed by atoms with Crippen LogP contribution in [0.4, 0.5) is 25.2 Å². The highest BCUT2D eigenvalue weighted by atomic mass is 19.2. The number of benzene rings is 1. The van der Waals surface area contributed by atoms with Crippen LogP contribution in [0.15, 0.2) is 29.7 Å². The summed E-state index contributed by atoms with van der Waals surface area (Å²) >= 11 is 0. The molecule has 1 aliphatic carbocycles. The highest BCUT2D eigenvalue weighted by molar-refractivity contribution is 5.89. The maximum Gasteiger partial charge on any atom is 0.319 e. The number of aliphatic hydroxyl groups is 1. The molecule has 2 heterocycles. The lowest BCUT2D eigenvalue weighted by Gasteiger charge is -2.31. The summed E-state index contributed by atoms with van der Waals surface area (Å²) in [6.07, 6.45) is 7.19. The van der Waals surface area contributed by atoms with Gasteiger partial charge in [0.1, 0.15) is 6.10 Å². The van der Waals surface area contributed by atoms with Gasteiger partial charge in [-0.1, -0.05) is 11.2 Å². The van der Waals surface area contributed by atoms with E-state index in [9.17, 15) is 18.7 Å². The Morgan fingerprint density at radius 2 is 1.84 bits per heavy atom. The van der Waals surface area contributed by atoms with Gasteiger partial charge in [-0.15, -0.1) is 0 Å². The van der Waals surface area contributed by atoms with Crippen molar-refractivity contribution < 1.29 is 23.5 Å². The van der Waals surface area contributed by atoms with E-state index in [1.54, 1.807) is 0 Å². The number of anilines is 2. The average Bonchev–Trinajstić information content (AvgIpc) is 2.90.